The second-order valence-corrected chi connectivity index (χ2v) is 3.91. The average molecular weight is 246 g/mol. The molecule has 0 atom stereocenters. The van der Waals surface area contributed by atoms with Gasteiger partial charge in [0.05, 0.1) is 11.9 Å². The van der Waals surface area contributed by atoms with Gasteiger partial charge in [-0.15, -0.1) is 0 Å². The Balaban J connectivity index is 2.13. The van der Waals surface area contributed by atoms with E-state index in [-0.39, 0.29) is 5.82 Å². The van der Waals surface area contributed by atoms with Crippen LogP contribution in [0.2, 0.25) is 0 Å². The van der Waals surface area contributed by atoms with Crippen LogP contribution in [0.25, 0.3) is 11.5 Å². The molecule has 0 saturated carbocycles. The summed E-state index contributed by atoms with van der Waals surface area (Å²) in [6, 6.07) is 4.79. The smallest absolute Gasteiger partial charge is 0.178 e. The number of hydrogen-bond donors (Lipinski definition) is 1. The van der Waals surface area contributed by atoms with Crippen molar-refractivity contribution in [2.75, 3.05) is 6.54 Å². The monoisotopic (exact) mass is 246 g/mol. The quantitative estimate of drug-likeness (QED) is 0.821. The van der Waals surface area contributed by atoms with Crippen LogP contribution < -0.4 is 5.32 Å². The Morgan fingerprint density at radius 3 is 2.83 bits per heavy atom. The van der Waals surface area contributed by atoms with E-state index in [9.17, 15) is 4.39 Å². The summed E-state index contributed by atoms with van der Waals surface area (Å²) < 4.78 is 12.8. The minimum atomic E-state index is -0.362. The highest BCUT2D eigenvalue weighted by molar-refractivity contribution is 5.48. The highest BCUT2D eigenvalue weighted by Gasteiger charge is 2.04. The predicted molar refractivity (Wildman–Crippen MR) is 67.2 cm³/mol. The van der Waals surface area contributed by atoms with E-state index in [1.54, 1.807) is 12.3 Å². The van der Waals surface area contributed by atoms with Gasteiger partial charge in [-0.1, -0.05) is 6.92 Å². The second kappa shape index (κ2) is 6.16. The van der Waals surface area contributed by atoms with Crippen molar-refractivity contribution in [1.82, 2.24) is 20.3 Å². The maximum atomic E-state index is 12.8. The number of aromatic nitrogens is 3. The van der Waals surface area contributed by atoms with Gasteiger partial charge in [0.2, 0.25) is 0 Å². The Labute approximate surface area is 105 Å². The summed E-state index contributed by atoms with van der Waals surface area (Å²) in [4.78, 5) is 12.5. The number of nitrogens with one attached hydrogen (secondary N) is 1. The Morgan fingerprint density at radius 2 is 2.11 bits per heavy atom. The first kappa shape index (κ1) is 12.6. The molecule has 0 aliphatic carbocycles. The van der Waals surface area contributed by atoms with Gasteiger partial charge in [0.25, 0.3) is 0 Å². The zero-order valence-electron chi connectivity index (χ0n) is 10.2. The van der Waals surface area contributed by atoms with Crippen molar-refractivity contribution in [1.29, 1.82) is 0 Å². The van der Waals surface area contributed by atoms with Gasteiger partial charge in [-0.2, -0.15) is 0 Å². The number of rotatable bonds is 5. The number of halogens is 1. The molecule has 2 rings (SSSR count). The van der Waals surface area contributed by atoms with Crippen LogP contribution in [0.15, 0.2) is 30.6 Å². The third kappa shape index (κ3) is 3.30. The van der Waals surface area contributed by atoms with E-state index in [0.29, 0.717) is 18.1 Å². The first-order valence-electron chi connectivity index (χ1n) is 5.94. The zero-order valence-corrected chi connectivity index (χ0v) is 10.2. The molecule has 18 heavy (non-hydrogen) atoms. The van der Waals surface area contributed by atoms with E-state index >= 15 is 0 Å². The summed E-state index contributed by atoms with van der Waals surface area (Å²) in [5.74, 6) is 0.158. The fraction of sp³-hybridized carbons (Fsp3) is 0.308. The molecule has 0 aromatic carbocycles. The number of nitrogens with zero attached hydrogens (tertiary/aromatic N) is 3. The van der Waals surface area contributed by atoms with Gasteiger partial charge in [-0.25, -0.2) is 19.3 Å². The molecule has 0 fully saturated rings. The molecule has 0 aliphatic rings. The molecule has 2 aromatic heterocycles. The number of hydrogen-bond acceptors (Lipinski definition) is 4. The highest BCUT2D eigenvalue weighted by Crippen LogP contribution is 2.11. The Morgan fingerprint density at radius 1 is 1.22 bits per heavy atom. The summed E-state index contributed by atoms with van der Waals surface area (Å²) in [5, 5.41) is 3.27. The van der Waals surface area contributed by atoms with Crippen LogP contribution in [0, 0.1) is 5.82 Å². The van der Waals surface area contributed by atoms with Crippen LogP contribution in [0.5, 0.6) is 0 Å². The van der Waals surface area contributed by atoms with E-state index < -0.39 is 0 Å². The zero-order chi connectivity index (χ0) is 12.8. The van der Waals surface area contributed by atoms with Crippen LogP contribution >= 0.6 is 0 Å². The second-order valence-electron chi connectivity index (χ2n) is 3.91. The lowest BCUT2D eigenvalue weighted by atomic mass is 10.3. The molecule has 2 heterocycles. The molecular weight excluding hydrogens is 231 g/mol. The Bertz CT molecular complexity index is 499. The van der Waals surface area contributed by atoms with Crippen molar-refractivity contribution in [3.63, 3.8) is 0 Å². The van der Waals surface area contributed by atoms with Crippen LogP contribution in [0.4, 0.5) is 4.39 Å². The van der Waals surface area contributed by atoms with E-state index in [4.69, 9.17) is 0 Å². The minimum Gasteiger partial charge on any atom is -0.311 e. The molecule has 0 bridgehead atoms. The largest absolute Gasteiger partial charge is 0.311 e. The Hall–Kier alpha value is -1.88. The van der Waals surface area contributed by atoms with Gasteiger partial charge in [0, 0.05) is 12.7 Å². The summed E-state index contributed by atoms with van der Waals surface area (Å²) in [6.45, 7) is 3.76. The van der Waals surface area contributed by atoms with Gasteiger partial charge >= 0.3 is 0 Å². The molecule has 0 radical (unpaired) electrons. The predicted octanol–water partition coefficient (Wildman–Crippen LogP) is 2.18. The Kier molecular flexibility index (Phi) is 4.30. The van der Waals surface area contributed by atoms with Crippen molar-refractivity contribution in [3.8, 4) is 11.5 Å². The van der Waals surface area contributed by atoms with Crippen molar-refractivity contribution in [2.24, 2.45) is 0 Å². The van der Waals surface area contributed by atoms with Crippen LogP contribution in [-0.2, 0) is 6.54 Å². The average Bonchev–Trinajstić information content (AvgIpc) is 2.40. The first-order chi connectivity index (χ1) is 8.79. The normalized spacial score (nSPS) is 10.6. The third-order valence-corrected chi connectivity index (χ3v) is 2.40. The summed E-state index contributed by atoms with van der Waals surface area (Å²) in [7, 11) is 0. The first-order valence-corrected chi connectivity index (χ1v) is 5.94. The van der Waals surface area contributed by atoms with E-state index in [2.05, 4.69) is 27.2 Å². The lowest BCUT2D eigenvalue weighted by Crippen LogP contribution is -2.15. The van der Waals surface area contributed by atoms with Crippen molar-refractivity contribution in [3.05, 3.63) is 42.1 Å². The van der Waals surface area contributed by atoms with Crippen LogP contribution in [-0.4, -0.2) is 21.5 Å². The third-order valence-electron chi connectivity index (χ3n) is 2.40. The summed E-state index contributed by atoms with van der Waals surface area (Å²) in [5.41, 5.74) is 1.48. The lowest BCUT2D eigenvalue weighted by molar-refractivity contribution is 0.621. The number of pyridine rings is 1. The van der Waals surface area contributed by atoms with Gasteiger partial charge in [-0.3, -0.25) is 0 Å². The SMILES string of the molecule is CCCNCc1ccnc(-c2ccc(F)cn2)n1. The van der Waals surface area contributed by atoms with Gasteiger partial charge in [-0.05, 0) is 31.2 Å². The summed E-state index contributed by atoms with van der Waals surface area (Å²) >= 11 is 0. The molecule has 0 amide bonds. The van der Waals surface area contributed by atoms with Crippen molar-refractivity contribution in [2.45, 2.75) is 19.9 Å². The minimum absolute atomic E-state index is 0.362. The van der Waals surface area contributed by atoms with Crippen molar-refractivity contribution < 1.29 is 4.39 Å². The fourth-order valence-corrected chi connectivity index (χ4v) is 1.52. The van der Waals surface area contributed by atoms with E-state index in [1.807, 2.05) is 6.07 Å². The highest BCUT2D eigenvalue weighted by atomic mass is 19.1. The lowest BCUT2D eigenvalue weighted by Gasteiger charge is -2.04. The van der Waals surface area contributed by atoms with Gasteiger partial charge in [0.1, 0.15) is 11.5 Å². The van der Waals surface area contributed by atoms with E-state index in [0.717, 1.165) is 18.7 Å². The maximum Gasteiger partial charge on any atom is 0.178 e. The molecule has 1 N–H and O–H groups in total. The molecule has 2 aromatic rings. The molecule has 0 aliphatic heterocycles. The maximum absolute atomic E-state index is 12.8. The van der Waals surface area contributed by atoms with Crippen LogP contribution in [0.3, 0.4) is 0 Å². The van der Waals surface area contributed by atoms with E-state index in [1.165, 1.54) is 12.3 Å². The molecular formula is C13H15FN4. The molecule has 4 nitrogen and oxygen atoms in total. The van der Waals surface area contributed by atoms with Crippen LogP contribution in [0.1, 0.15) is 19.0 Å². The fourth-order valence-electron chi connectivity index (χ4n) is 1.52. The molecule has 94 valence electrons. The van der Waals surface area contributed by atoms with Gasteiger partial charge in [0.15, 0.2) is 5.82 Å². The molecule has 0 saturated heterocycles. The summed E-state index contributed by atoms with van der Waals surface area (Å²) in [6.07, 6.45) is 3.94. The standard InChI is InChI=1S/C13H15FN4/c1-2-6-15-9-11-5-7-16-13(18-11)12-4-3-10(14)8-17-12/h3-5,7-8,15H,2,6,9H2,1H3. The molecule has 0 spiro atoms. The molecule has 5 heteroatoms. The topological polar surface area (TPSA) is 50.7 Å². The van der Waals surface area contributed by atoms with Crippen molar-refractivity contribution >= 4 is 0 Å². The van der Waals surface area contributed by atoms with Gasteiger partial charge < -0.3 is 5.32 Å². The molecule has 0 unspecified atom stereocenters.